The lowest BCUT2D eigenvalue weighted by atomic mass is 10.1. The van der Waals surface area contributed by atoms with Gasteiger partial charge in [-0.15, -0.1) is 0 Å². The van der Waals surface area contributed by atoms with E-state index in [0.717, 1.165) is 148 Å². The van der Waals surface area contributed by atoms with Gasteiger partial charge in [0, 0.05) is 19.3 Å². The van der Waals surface area contributed by atoms with Crippen molar-refractivity contribution in [3.05, 3.63) is 182 Å². The molecule has 0 N–H and O–H groups in total. The van der Waals surface area contributed by atoms with Gasteiger partial charge < -0.3 is 14.2 Å². The molecule has 79 heavy (non-hydrogen) atoms. The highest BCUT2D eigenvalue weighted by atomic mass is 16.6. The molecule has 1 unspecified atom stereocenters. The Hall–Kier alpha value is -5.49. The van der Waals surface area contributed by atoms with E-state index in [9.17, 15) is 14.4 Å². The molecule has 0 rings (SSSR count). The SMILES string of the molecule is CC/C=C\C/C=C\C/C=C\C/C=C\C/C=C\C/C=C\C/C=C\C/C=C\C/C=C\CCCCCC(=O)OCC(COC(=O)CC/C=C\C/C=C\C/C=C\C/C=C\CC)OC(=O)CCCCCCCCC/C=C\C/C=C\CCCCC. The predicted octanol–water partition coefficient (Wildman–Crippen LogP) is 21.7. The zero-order chi connectivity index (χ0) is 57.1. The van der Waals surface area contributed by atoms with Crippen molar-refractivity contribution in [2.24, 2.45) is 0 Å². The Morgan fingerprint density at radius 2 is 0.519 bits per heavy atom. The fraction of sp³-hybridized carbons (Fsp3) is 0.548. The summed E-state index contributed by atoms with van der Waals surface area (Å²) < 4.78 is 16.8. The van der Waals surface area contributed by atoms with Crippen LogP contribution in [-0.4, -0.2) is 37.2 Å². The minimum Gasteiger partial charge on any atom is -0.462 e. The first kappa shape index (κ1) is 73.5. The van der Waals surface area contributed by atoms with Gasteiger partial charge in [-0.1, -0.05) is 254 Å². The molecule has 0 saturated heterocycles. The van der Waals surface area contributed by atoms with Crippen molar-refractivity contribution in [2.75, 3.05) is 13.2 Å². The Bertz CT molecular complexity index is 1870. The largest absolute Gasteiger partial charge is 0.462 e. The topological polar surface area (TPSA) is 78.9 Å². The van der Waals surface area contributed by atoms with Gasteiger partial charge in [-0.2, -0.15) is 0 Å². The van der Waals surface area contributed by atoms with Gasteiger partial charge >= 0.3 is 17.9 Å². The van der Waals surface area contributed by atoms with E-state index in [4.69, 9.17) is 14.2 Å². The van der Waals surface area contributed by atoms with Gasteiger partial charge in [-0.25, -0.2) is 0 Å². The molecule has 440 valence electrons. The standard InChI is InChI=1S/C73H112O6/c1-4-7-10-13-16-19-22-25-27-29-30-31-32-33-34-35-36-37-38-39-40-41-42-44-45-48-51-54-57-60-63-66-72(75)78-69-70(68-77-71(74)65-62-59-56-53-50-47-24-21-18-15-12-9-6-3)79-73(76)67-64-61-58-55-52-49-46-43-28-26-23-20-17-14-11-8-5-2/h7,9-10,12,16-21,25-28,30-31,33-34,36-37,39-40,42,44,47-48,50-51,56,59,70H,4-6,8,11,13-15,22-24,29,32,35,38,41,43,45-46,49,52-55,57-58,60-69H2,1-3H3/b10-7-,12-9-,19-16-,20-17-,21-18-,27-25-,28-26-,31-30-,34-33-,37-36-,40-39-,44-42-,50-47-,51-48-,59-56-. The molecular formula is C73H112O6. The molecule has 0 aromatic heterocycles. The van der Waals surface area contributed by atoms with Crippen molar-refractivity contribution in [1.29, 1.82) is 0 Å². The van der Waals surface area contributed by atoms with Crippen LogP contribution >= 0.6 is 0 Å². The summed E-state index contributed by atoms with van der Waals surface area (Å²) in [6, 6.07) is 0. The van der Waals surface area contributed by atoms with Crippen molar-refractivity contribution >= 4 is 17.9 Å². The van der Waals surface area contributed by atoms with Gasteiger partial charge in [-0.3, -0.25) is 14.4 Å². The van der Waals surface area contributed by atoms with Gasteiger partial charge in [0.1, 0.15) is 13.2 Å². The first-order chi connectivity index (χ1) is 39.0. The summed E-state index contributed by atoms with van der Waals surface area (Å²) in [6.45, 7) is 6.27. The average Bonchev–Trinajstić information content (AvgIpc) is 3.45. The van der Waals surface area contributed by atoms with Gasteiger partial charge in [0.25, 0.3) is 0 Å². The molecule has 0 aliphatic rings. The normalized spacial score (nSPS) is 13.4. The molecule has 0 fully saturated rings. The molecular weight excluding hydrogens is 973 g/mol. The van der Waals surface area contributed by atoms with Crippen molar-refractivity contribution in [2.45, 2.75) is 245 Å². The van der Waals surface area contributed by atoms with E-state index in [2.05, 4.69) is 191 Å². The molecule has 1 atom stereocenters. The molecule has 0 aromatic carbocycles. The van der Waals surface area contributed by atoms with Crippen LogP contribution in [0.15, 0.2) is 182 Å². The number of carbonyl (C=O) groups excluding carboxylic acids is 3. The lowest BCUT2D eigenvalue weighted by Gasteiger charge is -2.18. The Morgan fingerprint density at radius 1 is 0.266 bits per heavy atom. The first-order valence-corrected chi connectivity index (χ1v) is 31.3. The number of carbonyl (C=O) groups is 3. The molecule has 0 amide bonds. The minimum absolute atomic E-state index is 0.130. The highest BCUT2D eigenvalue weighted by Gasteiger charge is 2.19. The fourth-order valence-electron chi connectivity index (χ4n) is 7.77. The van der Waals surface area contributed by atoms with E-state index in [1.165, 1.54) is 44.9 Å². The molecule has 0 heterocycles. The number of ether oxygens (including phenoxy) is 3. The molecule has 0 spiro atoms. The molecule has 6 nitrogen and oxygen atoms in total. The Labute approximate surface area is 484 Å². The number of hydrogen-bond acceptors (Lipinski definition) is 6. The Kier molecular flexibility index (Phi) is 60.5. The Morgan fingerprint density at radius 3 is 0.861 bits per heavy atom. The third kappa shape index (κ3) is 63.2. The summed E-state index contributed by atoms with van der Waals surface area (Å²) >= 11 is 0. The maximum atomic E-state index is 12.9. The second kappa shape index (κ2) is 65.0. The van der Waals surface area contributed by atoms with Crippen LogP contribution in [0.1, 0.15) is 239 Å². The number of unbranched alkanes of at least 4 members (excludes halogenated alkanes) is 13. The van der Waals surface area contributed by atoms with E-state index in [1.54, 1.807) is 0 Å². The quantitative estimate of drug-likeness (QED) is 0.0261. The smallest absolute Gasteiger partial charge is 0.306 e. The maximum Gasteiger partial charge on any atom is 0.306 e. The second-order valence-electron chi connectivity index (χ2n) is 19.8. The summed E-state index contributed by atoms with van der Waals surface area (Å²) in [4.78, 5) is 38.2. The molecule has 0 aliphatic carbocycles. The van der Waals surface area contributed by atoms with E-state index >= 15 is 0 Å². The number of rotatable bonds is 54. The Balaban J connectivity index is 4.46. The average molecular weight is 1090 g/mol. The molecule has 0 bridgehead atoms. The van der Waals surface area contributed by atoms with E-state index in [-0.39, 0.29) is 44.0 Å². The highest BCUT2D eigenvalue weighted by Crippen LogP contribution is 2.13. The van der Waals surface area contributed by atoms with Crippen molar-refractivity contribution in [1.82, 2.24) is 0 Å². The summed E-state index contributed by atoms with van der Waals surface area (Å²) in [6.07, 6.45) is 97.7. The zero-order valence-corrected chi connectivity index (χ0v) is 50.3. The summed E-state index contributed by atoms with van der Waals surface area (Å²) in [5.74, 6) is -1.06. The second-order valence-corrected chi connectivity index (χ2v) is 19.8. The summed E-state index contributed by atoms with van der Waals surface area (Å²) in [5, 5.41) is 0. The van der Waals surface area contributed by atoms with Crippen LogP contribution in [0.25, 0.3) is 0 Å². The van der Waals surface area contributed by atoms with Crippen LogP contribution in [0.4, 0.5) is 0 Å². The van der Waals surface area contributed by atoms with Crippen LogP contribution in [0.5, 0.6) is 0 Å². The summed E-state index contributed by atoms with van der Waals surface area (Å²) in [5.41, 5.74) is 0. The third-order valence-electron chi connectivity index (χ3n) is 12.4. The molecule has 0 saturated carbocycles. The maximum absolute atomic E-state index is 12.9. The van der Waals surface area contributed by atoms with Crippen molar-refractivity contribution in [3.8, 4) is 0 Å². The van der Waals surface area contributed by atoms with Crippen LogP contribution in [0, 0.1) is 0 Å². The van der Waals surface area contributed by atoms with E-state index in [0.29, 0.717) is 12.8 Å². The van der Waals surface area contributed by atoms with E-state index < -0.39 is 6.10 Å². The lowest BCUT2D eigenvalue weighted by molar-refractivity contribution is -0.166. The molecule has 0 aliphatic heterocycles. The first-order valence-electron chi connectivity index (χ1n) is 31.3. The zero-order valence-electron chi connectivity index (χ0n) is 50.3. The summed E-state index contributed by atoms with van der Waals surface area (Å²) in [7, 11) is 0. The minimum atomic E-state index is -0.836. The van der Waals surface area contributed by atoms with Gasteiger partial charge in [-0.05, 0) is 148 Å². The third-order valence-corrected chi connectivity index (χ3v) is 12.4. The number of allylic oxidation sites excluding steroid dienone is 30. The lowest BCUT2D eigenvalue weighted by Crippen LogP contribution is -2.30. The van der Waals surface area contributed by atoms with Crippen LogP contribution in [0.3, 0.4) is 0 Å². The molecule has 6 heteroatoms. The van der Waals surface area contributed by atoms with Crippen LogP contribution in [0.2, 0.25) is 0 Å². The van der Waals surface area contributed by atoms with Gasteiger partial charge in [0.05, 0.1) is 0 Å². The number of esters is 3. The number of hydrogen-bond donors (Lipinski definition) is 0. The molecule has 0 aromatic rings. The van der Waals surface area contributed by atoms with Gasteiger partial charge in [0.15, 0.2) is 6.10 Å². The van der Waals surface area contributed by atoms with Crippen LogP contribution in [-0.2, 0) is 28.6 Å². The fourth-order valence-corrected chi connectivity index (χ4v) is 7.77. The monoisotopic (exact) mass is 1080 g/mol. The van der Waals surface area contributed by atoms with Crippen molar-refractivity contribution in [3.63, 3.8) is 0 Å². The van der Waals surface area contributed by atoms with Gasteiger partial charge in [0.2, 0.25) is 0 Å². The predicted molar refractivity (Wildman–Crippen MR) is 343 cm³/mol. The van der Waals surface area contributed by atoms with E-state index in [1.807, 2.05) is 12.2 Å². The molecule has 0 radical (unpaired) electrons. The van der Waals surface area contributed by atoms with Crippen molar-refractivity contribution < 1.29 is 28.6 Å². The van der Waals surface area contributed by atoms with Crippen LogP contribution < -0.4 is 0 Å². The highest BCUT2D eigenvalue weighted by molar-refractivity contribution is 5.71.